The van der Waals surface area contributed by atoms with Crippen LogP contribution in [0.25, 0.3) is 10.2 Å². The minimum atomic E-state index is -0.191. The SMILES string of the molecule is CCOc1ccc(C(=O)N(Cc2cccnc2)c2nc3c(OC)ccc(C)c3s2)cc1OCC. The van der Waals surface area contributed by atoms with Gasteiger partial charge in [-0.05, 0) is 62.2 Å². The van der Waals surface area contributed by atoms with E-state index >= 15 is 0 Å². The molecule has 0 saturated carbocycles. The molecular formula is C26H27N3O4S. The second kappa shape index (κ2) is 10.5. The standard InChI is InChI=1S/C26H27N3O4S/c1-5-32-20-12-10-19(14-22(20)33-6-2)25(30)29(16-18-8-7-13-27-15-18)26-28-23-21(31-4)11-9-17(3)24(23)34-26/h7-15H,5-6,16H2,1-4H3. The topological polar surface area (TPSA) is 73.8 Å². The predicted octanol–water partition coefficient (Wildman–Crippen LogP) is 5.65. The summed E-state index contributed by atoms with van der Waals surface area (Å²) in [5.41, 5.74) is 3.20. The van der Waals surface area contributed by atoms with Crippen molar-refractivity contribution in [1.82, 2.24) is 9.97 Å². The van der Waals surface area contributed by atoms with Crippen molar-refractivity contribution in [2.75, 3.05) is 25.2 Å². The van der Waals surface area contributed by atoms with Gasteiger partial charge in [-0.15, -0.1) is 0 Å². The summed E-state index contributed by atoms with van der Waals surface area (Å²) in [6.07, 6.45) is 3.46. The third-order valence-corrected chi connectivity index (χ3v) is 6.46. The van der Waals surface area contributed by atoms with Crippen molar-refractivity contribution in [3.05, 3.63) is 71.5 Å². The Morgan fingerprint density at radius 3 is 2.50 bits per heavy atom. The minimum Gasteiger partial charge on any atom is -0.494 e. The van der Waals surface area contributed by atoms with Gasteiger partial charge in [0.15, 0.2) is 16.6 Å². The van der Waals surface area contributed by atoms with Crippen LogP contribution >= 0.6 is 11.3 Å². The maximum absolute atomic E-state index is 13.8. The smallest absolute Gasteiger partial charge is 0.260 e. The van der Waals surface area contributed by atoms with Gasteiger partial charge in [0.2, 0.25) is 0 Å². The number of methoxy groups -OCH3 is 1. The van der Waals surface area contributed by atoms with Crippen molar-refractivity contribution >= 4 is 32.6 Å². The van der Waals surface area contributed by atoms with Crippen molar-refractivity contribution in [1.29, 1.82) is 0 Å². The third-order valence-electron chi connectivity index (χ3n) is 5.24. The Kier molecular flexibility index (Phi) is 7.27. The van der Waals surface area contributed by atoms with Gasteiger partial charge in [0.05, 0.1) is 31.6 Å². The largest absolute Gasteiger partial charge is 0.494 e. The van der Waals surface area contributed by atoms with Gasteiger partial charge in [0.25, 0.3) is 5.91 Å². The second-order valence-electron chi connectivity index (χ2n) is 7.54. The fourth-order valence-electron chi connectivity index (χ4n) is 3.62. The molecule has 0 N–H and O–H groups in total. The summed E-state index contributed by atoms with van der Waals surface area (Å²) < 4.78 is 17.9. The van der Waals surface area contributed by atoms with Gasteiger partial charge in [-0.2, -0.15) is 0 Å². The molecule has 0 aliphatic rings. The zero-order chi connectivity index (χ0) is 24.1. The highest BCUT2D eigenvalue weighted by Crippen LogP contribution is 2.38. The Balaban J connectivity index is 1.79. The molecule has 4 rings (SSSR count). The highest BCUT2D eigenvalue weighted by atomic mass is 32.1. The van der Waals surface area contributed by atoms with Crippen LogP contribution in [0.15, 0.2) is 54.9 Å². The molecule has 2 aromatic carbocycles. The molecule has 4 aromatic rings. The molecule has 2 heterocycles. The predicted molar refractivity (Wildman–Crippen MR) is 134 cm³/mol. The van der Waals surface area contributed by atoms with Crippen LogP contribution in [0.2, 0.25) is 0 Å². The lowest BCUT2D eigenvalue weighted by atomic mass is 10.1. The molecule has 0 spiro atoms. The third kappa shape index (κ3) is 4.82. The summed E-state index contributed by atoms with van der Waals surface area (Å²) in [7, 11) is 1.62. The number of rotatable bonds is 9. The van der Waals surface area contributed by atoms with Gasteiger partial charge in [0.1, 0.15) is 11.3 Å². The van der Waals surface area contributed by atoms with E-state index in [-0.39, 0.29) is 5.91 Å². The van der Waals surface area contributed by atoms with E-state index in [1.54, 1.807) is 42.6 Å². The number of pyridine rings is 1. The van der Waals surface area contributed by atoms with E-state index in [4.69, 9.17) is 19.2 Å². The number of benzene rings is 2. The Morgan fingerprint density at radius 1 is 1.03 bits per heavy atom. The lowest BCUT2D eigenvalue weighted by Gasteiger charge is -2.21. The number of anilines is 1. The molecule has 8 heteroatoms. The van der Waals surface area contributed by atoms with Crippen LogP contribution in [0.5, 0.6) is 17.2 Å². The number of amides is 1. The number of carbonyl (C=O) groups excluding carboxylic acids is 1. The molecule has 1 amide bonds. The lowest BCUT2D eigenvalue weighted by Crippen LogP contribution is -2.30. The van der Waals surface area contributed by atoms with Crippen molar-refractivity contribution in [2.45, 2.75) is 27.3 Å². The van der Waals surface area contributed by atoms with Crippen molar-refractivity contribution in [3.63, 3.8) is 0 Å². The number of hydrogen-bond acceptors (Lipinski definition) is 7. The average molecular weight is 478 g/mol. The quantitative estimate of drug-likeness (QED) is 0.310. The van der Waals surface area contributed by atoms with Gasteiger partial charge >= 0.3 is 0 Å². The number of fused-ring (bicyclic) bond motifs is 1. The lowest BCUT2D eigenvalue weighted by molar-refractivity contribution is 0.0984. The first-order valence-corrected chi connectivity index (χ1v) is 11.9. The maximum atomic E-state index is 13.8. The van der Waals surface area contributed by atoms with Gasteiger partial charge in [-0.25, -0.2) is 4.98 Å². The molecule has 0 aliphatic carbocycles. The molecular weight excluding hydrogens is 450 g/mol. The van der Waals surface area contributed by atoms with E-state index < -0.39 is 0 Å². The summed E-state index contributed by atoms with van der Waals surface area (Å²) in [5, 5.41) is 0.586. The average Bonchev–Trinajstić information content (AvgIpc) is 3.30. The van der Waals surface area contributed by atoms with E-state index in [2.05, 4.69) is 4.98 Å². The minimum absolute atomic E-state index is 0.191. The fraction of sp³-hybridized carbons (Fsp3) is 0.269. The monoisotopic (exact) mass is 477 g/mol. The summed E-state index contributed by atoms with van der Waals surface area (Å²) >= 11 is 1.47. The molecule has 7 nitrogen and oxygen atoms in total. The number of hydrogen-bond donors (Lipinski definition) is 0. The first-order valence-electron chi connectivity index (χ1n) is 11.1. The highest BCUT2D eigenvalue weighted by molar-refractivity contribution is 7.22. The van der Waals surface area contributed by atoms with Crippen LogP contribution in [0.3, 0.4) is 0 Å². The summed E-state index contributed by atoms with van der Waals surface area (Å²) in [5.74, 6) is 1.64. The number of nitrogens with zero attached hydrogens (tertiary/aromatic N) is 3. The van der Waals surface area contributed by atoms with Crippen LogP contribution < -0.4 is 19.1 Å². The molecule has 34 heavy (non-hydrogen) atoms. The van der Waals surface area contributed by atoms with E-state index in [0.29, 0.717) is 47.7 Å². The fourth-order valence-corrected chi connectivity index (χ4v) is 4.67. The molecule has 0 atom stereocenters. The summed E-state index contributed by atoms with van der Waals surface area (Å²) in [6.45, 7) is 7.13. The number of thiazole rings is 1. The number of carbonyl (C=O) groups is 1. The molecule has 0 radical (unpaired) electrons. The Bertz CT molecular complexity index is 1290. The van der Waals surface area contributed by atoms with Crippen molar-refractivity contribution in [2.24, 2.45) is 0 Å². The van der Waals surface area contributed by atoms with Crippen molar-refractivity contribution < 1.29 is 19.0 Å². The molecule has 0 fully saturated rings. The normalized spacial score (nSPS) is 10.8. The van der Waals surface area contributed by atoms with Gasteiger partial charge in [-0.3, -0.25) is 14.7 Å². The first-order chi connectivity index (χ1) is 16.5. The Morgan fingerprint density at radius 2 is 1.79 bits per heavy atom. The first kappa shape index (κ1) is 23.5. The van der Waals surface area contributed by atoms with Crippen LogP contribution in [-0.2, 0) is 6.54 Å². The van der Waals surface area contributed by atoms with Crippen LogP contribution in [0, 0.1) is 6.92 Å². The molecule has 0 saturated heterocycles. The zero-order valence-corrected chi connectivity index (χ0v) is 20.5. The zero-order valence-electron chi connectivity index (χ0n) is 19.7. The van der Waals surface area contributed by atoms with E-state index in [1.165, 1.54) is 11.3 Å². The van der Waals surface area contributed by atoms with E-state index in [1.807, 2.05) is 45.0 Å². The molecule has 0 bridgehead atoms. The highest BCUT2D eigenvalue weighted by Gasteiger charge is 2.24. The molecule has 0 unspecified atom stereocenters. The molecule has 0 aliphatic heterocycles. The Hall–Kier alpha value is -3.65. The van der Waals surface area contributed by atoms with E-state index in [0.717, 1.165) is 21.3 Å². The van der Waals surface area contributed by atoms with Crippen LogP contribution in [-0.4, -0.2) is 36.2 Å². The van der Waals surface area contributed by atoms with Crippen molar-refractivity contribution in [3.8, 4) is 17.2 Å². The summed E-state index contributed by atoms with van der Waals surface area (Å²) in [6, 6.07) is 12.9. The maximum Gasteiger partial charge on any atom is 0.260 e. The second-order valence-corrected chi connectivity index (χ2v) is 8.52. The van der Waals surface area contributed by atoms with Crippen LogP contribution in [0.1, 0.15) is 35.3 Å². The number of aryl methyl sites for hydroxylation is 1. The van der Waals surface area contributed by atoms with Gasteiger partial charge in [-0.1, -0.05) is 23.5 Å². The number of aromatic nitrogens is 2. The summed E-state index contributed by atoms with van der Waals surface area (Å²) in [4.78, 5) is 24.5. The Labute approximate surface area is 202 Å². The van der Waals surface area contributed by atoms with Gasteiger partial charge in [0, 0.05) is 18.0 Å². The van der Waals surface area contributed by atoms with Gasteiger partial charge < -0.3 is 14.2 Å². The number of ether oxygens (including phenoxy) is 3. The van der Waals surface area contributed by atoms with Crippen LogP contribution in [0.4, 0.5) is 5.13 Å². The van der Waals surface area contributed by atoms with E-state index in [9.17, 15) is 4.79 Å². The molecule has 176 valence electrons. The molecule has 2 aromatic heterocycles.